The topological polar surface area (TPSA) is 31.6 Å². The first-order chi connectivity index (χ1) is 6.77. The van der Waals surface area contributed by atoms with Gasteiger partial charge in [0.15, 0.2) is 6.29 Å². The molecule has 2 unspecified atom stereocenters. The zero-order valence-corrected chi connectivity index (χ0v) is 9.62. The molecule has 14 heavy (non-hydrogen) atoms. The molecule has 0 amide bonds. The number of furan rings is 1. The van der Waals surface area contributed by atoms with Gasteiger partial charge in [0.2, 0.25) is 0 Å². The number of methoxy groups -OCH3 is 1. The fourth-order valence-electron chi connectivity index (χ4n) is 1.78. The molecule has 78 valence electrons. The summed E-state index contributed by atoms with van der Waals surface area (Å²) in [5.41, 5.74) is 0. The second kappa shape index (κ2) is 4.04. The van der Waals surface area contributed by atoms with Gasteiger partial charge in [0.1, 0.15) is 10.1 Å². The van der Waals surface area contributed by atoms with Gasteiger partial charge < -0.3 is 13.9 Å². The Bertz CT molecular complexity index is 286. The molecule has 3 nitrogen and oxygen atoms in total. The molecule has 0 saturated carbocycles. The van der Waals surface area contributed by atoms with Crippen molar-refractivity contribution in [2.75, 3.05) is 13.7 Å². The summed E-state index contributed by atoms with van der Waals surface area (Å²) in [6, 6.07) is 3.81. The molecule has 0 radical (unpaired) electrons. The molecule has 1 aromatic rings. The monoisotopic (exact) mass is 260 g/mol. The molecule has 0 spiro atoms. The third kappa shape index (κ3) is 1.62. The standard InChI is InChI=1S/C10H13BrO3/c1-12-9-10(11,5-3-7-14-9)8-4-2-6-13-8/h2,4,6,9H,3,5,7H2,1H3. The largest absolute Gasteiger partial charge is 0.468 e. The molecule has 2 atom stereocenters. The lowest BCUT2D eigenvalue weighted by molar-refractivity contribution is -0.168. The number of rotatable bonds is 2. The van der Waals surface area contributed by atoms with E-state index in [0.29, 0.717) is 0 Å². The summed E-state index contributed by atoms with van der Waals surface area (Å²) in [7, 11) is 1.65. The average molecular weight is 261 g/mol. The highest BCUT2D eigenvalue weighted by molar-refractivity contribution is 9.09. The molecule has 1 saturated heterocycles. The maximum Gasteiger partial charge on any atom is 0.179 e. The van der Waals surface area contributed by atoms with Gasteiger partial charge in [-0.25, -0.2) is 0 Å². The molecule has 1 aromatic heterocycles. The zero-order valence-electron chi connectivity index (χ0n) is 8.03. The third-order valence-corrected chi connectivity index (χ3v) is 3.63. The van der Waals surface area contributed by atoms with Crippen molar-refractivity contribution in [2.24, 2.45) is 0 Å². The van der Waals surface area contributed by atoms with Crippen molar-refractivity contribution in [3.05, 3.63) is 24.2 Å². The van der Waals surface area contributed by atoms with E-state index >= 15 is 0 Å². The van der Waals surface area contributed by atoms with Crippen molar-refractivity contribution >= 4 is 15.9 Å². The first-order valence-corrected chi connectivity index (χ1v) is 5.44. The van der Waals surface area contributed by atoms with Gasteiger partial charge in [-0.2, -0.15) is 0 Å². The Balaban J connectivity index is 2.27. The van der Waals surface area contributed by atoms with Crippen LogP contribution < -0.4 is 0 Å². The van der Waals surface area contributed by atoms with E-state index < -0.39 is 0 Å². The van der Waals surface area contributed by atoms with Crippen LogP contribution in [0.2, 0.25) is 0 Å². The lowest BCUT2D eigenvalue weighted by Gasteiger charge is -2.36. The molecular formula is C10H13BrO3. The van der Waals surface area contributed by atoms with Crippen LogP contribution in [-0.4, -0.2) is 20.0 Å². The molecule has 2 rings (SSSR count). The quantitative estimate of drug-likeness (QED) is 0.767. The summed E-state index contributed by atoms with van der Waals surface area (Å²) in [6.45, 7) is 0.743. The van der Waals surface area contributed by atoms with E-state index in [1.807, 2.05) is 12.1 Å². The highest BCUT2D eigenvalue weighted by Crippen LogP contribution is 2.43. The van der Waals surface area contributed by atoms with Crippen molar-refractivity contribution in [1.29, 1.82) is 0 Å². The van der Waals surface area contributed by atoms with Gasteiger partial charge in [0.25, 0.3) is 0 Å². The van der Waals surface area contributed by atoms with Crippen LogP contribution >= 0.6 is 15.9 Å². The van der Waals surface area contributed by atoms with Gasteiger partial charge >= 0.3 is 0 Å². The van der Waals surface area contributed by atoms with Crippen LogP contribution in [0.5, 0.6) is 0 Å². The van der Waals surface area contributed by atoms with E-state index in [1.165, 1.54) is 0 Å². The molecule has 0 bridgehead atoms. The molecule has 1 aliphatic heterocycles. The van der Waals surface area contributed by atoms with E-state index in [2.05, 4.69) is 15.9 Å². The van der Waals surface area contributed by atoms with Crippen LogP contribution in [0.4, 0.5) is 0 Å². The first-order valence-electron chi connectivity index (χ1n) is 4.64. The predicted molar refractivity (Wildman–Crippen MR) is 55.3 cm³/mol. The Hall–Kier alpha value is -0.320. The summed E-state index contributed by atoms with van der Waals surface area (Å²) in [5.74, 6) is 0.865. The normalized spacial score (nSPS) is 33.1. The van der Waals surface area contributed by atoms with Gasteiger partial charge in [-0.05, 0) is 25.0 Å². The Morgan fingerprint density at radius 3 is 3.14 bits per heavy atom. The highest BCUT2D eigenvalue weighted by Gasteiger charge is 2.43. The Labute approximate surface area is 91.5 Å². The molecule has 2 heterocycles. The number of hydrogen-bond donors (Lipinski definition) is 0. The van der Waals surface area contributed by atoms with Crippen LogP contribution in [0, 0.1) is 0 Å². The molecular weight excluding hydrogens is 248 g/mol. The van der Waals surface area contributed by atoms with Crippen LogP contribution in [0.15, 0.2) is 22.8 Å². The molecule has 4 heteroatoms. The van der Waals surface area contributed by atoms with E-state index in [9.17, 15) is 0 Å². The lowest BCUT2D eigenvalue weighted by atomic mass is 9.97. The van der Waals surface area contributed by atoms with Crippen molar-refractivity contribution in [2.45, 2.75) is 23.5 Å². The van der Waals surface area contributed by atoms with Crippen LogP contribution in [-0.2, 0) is 13.8 Å². The SMILES string of the molecule is COC1OCCCC1(Br)c1ccco1. The summed E-state index contributed by atoms with van der Waals surface area (Å²) in [5, 5.41) is 0. The van der Waals surface area contributed by atoms with Gasteiger partial charge in [-0.15, -0.1) is 0 Å². The predicted octanol–water partition coefficient (Wildman–Crippen LogP) is 2.65. The fraction of sp³-hybridized carbons (Fsp3) is 0.600. The molecule has 0 N–H and O–H groups in total. The first kappa shape index (κ1) is 10.2. The van der Waals surface area contributed by atoms with E-state index in [4.69, 9.17) is 13.9 Å². The number of ether oxygens (including phenoxy) is 2. The Morgan fingerprint density at radius 1 is 1.64 bits per heavy atom. The molecule has 0 aromatic carbocycles. The van der Waals surface area contributed by atoms with Crippen LogP contribution in [0.1, 0.15) is 18.6 Å². The van der Waals surface area contributed by atoms with Crippen LogP contribution in [0.25, 0.3) is 0 Å². The van der Waals surface area contributed by atoms with Gasteiger partial charge in [-0.1, -0.05) is 15.9 Å². The summed E-state index contributed by atoms with van der Waals surface area (Å²) < 4.78 is 15.9. The Kier molecular flexibility index (Phi) is 2.95. The minimum atomic E-state index is -0.330. The molecule has 1 fully saturated rings. The smallest absolute Gasteiger partial charge is 0.179 e. The van der Waals surface area contributed by atoms with E-state index in [1.54, 1.807) is 13.4 Å². The van der Waals surface area contributed by atoms with Gasteiger partial charge in [-0.3, -0.25) is 0 Å². The third-order valence-electron chi connectivity index (χ3n) is 2.47. The lowest BCUT2D eigenvalue weighted by Crippen LogP contribution is -2.41. The molecule has 0 aliphatic carbocycles. The van der Waals surface area contributed by atoms with E-state index in [0.717, 1.165) is 25.2 Å². The second-order valence-electron chi connectivity index (χ2n) is 3.38. The summed E-state index contributed by atoms with van der Waals surface area (Å²) in [6.07, 6.45) is 3.35. The zero-order chi connectivity index (χ0) is 10.0. The summed E-state index contributed by atoms with van der Waals surface area (Å²) >= 11 is 3.67. The van der Waals surface area contributed by atoms with Crippen molar-refractivity contribution in [3.8, 4) is 0 Å². The fourth-order valence-corrected chi connectivity index (χ4v) is 2.60. The van der Waals surface area contributed by atoms with Gasteiger partial charge in [0.05, 0.1) is 6.26 Å². The number of hydrogen-bond acceptors (Lipinski definition) is 3. The molecule has 1 aliphatic rings. The van der Waals surface area contributed by atoms with Gasteiger partial charge in [0, 0.05) is 13.7 Å². The number of halogens is 1. The van der Waals surface area contributed by atoms with Crippen molar-refractivity contribution < 1.29 is 13.9 Å². The second-order valence-corrected chi connectivity index (χ2v) is 4.80. The summed E-state index contributed by atoms with van der Waals surface area (Å²) in [4.78, 5) is 0. The Morgan fingerprint density at radius 2 is 2.50 bits per heavy atom. The average Bonchev–Trinajstić information content (AvgIpc) is 2.72. The minimum Gasteiger partial charge on any atom is -0.468 e. The maximum atomic E-state index is 5.54. The van der Waals surface area contributed by atoms with E-state index in [-0.39, 0.29) is 10.6 Å². The maximum absolute atomic E-state index is 5.54. The van der Waals surface area contributed by atoms with Crippen molar-refractivity contribution in [1.82, 2.24) is 0 Å². The van der Waals surface area contributed by atoms with Crippen molar-refractivity contribution in [3.63, 3.8) is 0 Å². The highest BCUT2D eigenvalue weighted by atomic mass is 79.9. The number of alkyl halides is 1. The van der Waals surface area contributed by atoms with Crippen LogP contribution in [0.3, 0.4) is 0 Å². The minimum absolute atomic E-state index is 0.276.